The van der Waals surface area contributed by atoms with Crippen molar-refractivity contribution >= 4 is 17.7 Å². The molecular weight excluding hydrogens is 344 g/mol. The van der Waals surface area contributed by atoms with E-state index in [1.165, 1.54) is 5.56 Å². The molecule has 0 radical (unpaired) electrons. The van der Waals surface area contributed by atoms with Gasteiger partial charge in [0, 0.05) is 5.69 Å². The van der Waals surface area contributed by atoms with Crippen molar-refractivity contribution in [1.29, 1.82) is 0 Å². The Bertz CT molecular complexity index is 787. The minimum Gasteiger partial charge on any atom is -0.484 e. The summed E-state index contributed by atoms with van der Waals surface area (Å²) in [6.07, 6.45) is 0.172. The van der Waals surface area contributed by atoms with E-state index in [1.807, 2.05) is 55.5 Å². The van der Waals surface area contributed by atoms with E-state index >= 15 is 0 Å². The number of nitrogens with zero attached hydrogens (tertiary/aromatic N) is 1. The van der Waals surface area contributed by atoms with Crippen LogP contribution in [0.1, 0.15) is 18.1 Å². The predicted molar refractivity (Wildman–Crippen MR) is 103 cm³/mol. The number of aryl methyl sites for hydroxylation is 2. The summed E-state index contributed by atoms with van der Waals surface area (Å²) in [4.78, 5) is 25.6. The smallest absolute Gasteiger partial charge is 0.414 e. The third kappa shape index (κ3) is 5.00. The molecule has 27 heavy (non-hydrogen) atoms. The fraction of sp³-hybridized carbons (Fsp3) is 0.333. The number of benzene rings is 2. The number of hydrogen-bond donors (Lipinski definition) is 1. The maximum Gasteiger partial charge on any atom is 0.414 e. The number of anilines is 1. The average molecular weight is 368 g/mol. The van der Waals surface area contributed by atoms with Crippen molar-refractivity contribution in [2.75, 3.05) is 24.6 Å². The number of cyclic esters (lactones) is 1. The van der Waals surface area contributed by atoms with Crippen molar-refractivity contribution in [3.05, 3.63) is 59.7 Å². The van der Waals surface area contributed by atoms with Gasteiger partial charge < -0.3 is 14.8 Å². The van der Waals surface area contributed by atoms with Crippen molar-refractivity contribution in [3.8, 4) is 5.75 Å². The molecule has 6 nitrogen and oxygen atoms in total. The molecule has 3 rings (SSSR count). The maximum absolute atomic E-state index is 12.1. The van der Waals surface area contributed by atoms with Crippen LogP contribution in [-0.2, 0) is 16.0 Å². The molecule has 1 heterocycles. The Hall–Kier alpha value is -3.02. The molecule has 0 aromatic heterocycles. The molecule has 0 bridgehead atoms. The summed E-state index contributed by atoms with van der Waals surface area (Å²) in [5.41, 5.74) is 3.14. The van der Waals surface area contributed by atoms with E-state index in [-0.39, 0.29) is 25.2 Å². The second-order valence-corrected chi connectivity index (χ2v) is 6.54. The Labute approximate surface area is 159 Å². The van der Waals surface area contributed by atoms with Gasteiger partial charge in [-0.2, -0.15) is 0 Å². The van der Waals surface area contributed by atoms with Gasteiger partial charge in [0.05, 0.1) is 13.1 Å². The standard InChI is InChI=1S/C21H24N2O4/c1-3-16-6-8-17(9-7-16)23-13-19(27-21(23)25)12-22-20(24)14-26-18-10-4-15(2)5-11-18/h4-11,19H,3,12-14H2,1-2H3,(H,22,24). The lowest BCUT2D eigenvalue weighted by Gasteiger charge is -2.13. The van der Waals surface area contributed by atoms with Crippen LogP contribution in [0.3, 0.4) is 0 Å². The molecule has 0 spiro atoms. The summed E-state index contributed by atoms with van der Waals surface area (Å²) in [5, 5.41) is 2.75. The number of carbonyl (C=O) groups excluding carboxylic acids is 2. The van der Waals surface area contributed by atoms with Crippen LogP contribution < -0.4 is 15.0 Å². The van der Waals surface area contributed by atoms with Crippen molar-refractivity contribution in [2.24, 2.45) is 0 Å². The van der Waals surface area contributed by atoms with Crippen LogP contribution in [0.4, 0.5) is 10.5 Å². The van der Waals surface area contributed by atoms with Gasteiger partial charge in [-0.25, -0.2) is 4.79 Å². The zero-order valence-corrected chi connectivity index (χ0v) is 15.6. The molecule has 2 aromatic rings. The molecule has 1 unspecified atom stereocenters. The van der Waals surface area contributed by atoms with E-state index in [1.54, 1.807) is 4.90 Å². The van der Waals surface area contributed by atoms with Gasteiger partial charge >= 0.3 is 6.09 Å². The van der Waals surface area contributed by atoms with Crippen LogP contribution in [0, 0.1) is 6.92 Å². The highest BCUT2D eigenvalue weighted by Crippen LogP contribution is 2.22. The van der Waals surface area contributed by atoms with Crippen LogP contribution in [0.2, 0.25) is 0 Å². The average Bonchev–Trinajstić information content (AvgIpc) is 3.06. The first-order valence-corrected chi connectivity index (χ1v) is 9.08. The first kappa shape index (κ1) is 18.8. The van der Waals surface area contributed by atoms with Crippen LogP contribution in [0.5, 0.6) is 5.75 Å². The Balaban J connectivity index is 1.45. The minimum absolute atomic E-state index is 0.0775. The van der Waals surface area contributed by atoms with Crippen molar-refractivity contribution in [3.63, 3.8) is 0 Å². The molecule has 142 valence electrons. The van der Waals surface area contributed by atoms with Crippen LogP contribution >= 0.6 is 0 Å². The number of amides is 2. The van der Waals surface area contributed by atoms with Crippen LogP contribution in [0.25, 0.3) is 0 Å². The minimum atomic E-state index is -0.394. The van der Waals surface area contributed by atoms with Crippen LogP contribution in [0.15, 0.2) is 48.5 Å². The van der Waals surface area contributed by atoms with Crippen molar-refractivity contribution in [2.45, 2.75) is 26.4 Å². The molecule has 0 saturated carbocycles. The lowest BCUT2D eigenvalue weighted by atomic mass is 10.1. The Morgan fingerprint density at radius 2 is 1.89 bits per heavy atom. The quantitative estimate of drug-likeness (QED) is 0.816. The largest absolute Gasteiger partial charge is 0.484 e. The van der Waals surface area contributed by atoms with Gasteiger partial charge in [-0.1, -0.05) is 36.8 Å². The fourth-order valence-corrected chi connectivity index (χ4v) is 2.81. The van der Waals surface area contributed by atoms with E-state index in [0.717, 1.165) is 17.7 Å². The van der Waals surface area contributed by atoms with Gasteiger partial charge in [0.1, 0.15) is 11.9 Å². The third-order valence-electron chi connectivity index (χ3n) is 4.45. The number of rotatable bonds is 7. The summed E-state index contributed by atoms with van der Waals surface area (Å²) < 4.78 is 10.8. The van der Waals surface area contributed by atoms with E-state index < -0.39 is 6.09 Å². The number of ether oxygens (including phenoxy) is 2. The molecule has 6 heteroatoms. The zero-order valence-electron chi connectivity index (χ0n) is 15.6. The normalized spacial score (nSPS) is 16.1. The van der Waals surface area contributed by atoms with E-state index in [4.69, 9.17) is 9.47 Å². The number of nitrogens with one attached hydrogen (secondary N) is 1. The SMILES string of the molecule is CCc1ccc(N2CC(CNC(=O)COc3ccc(C)cc3)OC2=O)cc1. The molecular formula is C21H24N2O4. The number of carbonyl (C=O) groups is 2. The molecule has 0 aliphatic carbocycles. The lowest BCUT2D eigenvalue weighted by Crippen LogP contribution is -2.37. The van der Waals surface area contributed by atoms with E-state index in [2.05, 4.69) is 12.2 Å². The summed E-state index contributed by atoms with van der Waals surface area (Å²) in [5.74, 6) is 0.391. The van der Waals surface area contributed by atoms with Gasteiger partial charge in [-0.05, 0) is 43.2 Å². The van der Waals surface area contributed by atoms with E-state index in [0.29, 0.717) is 12.3 Å². The van der Waals surface area contributed by atoms with E-state index in [9.17, 15) is 9.59 Å². The highest BCUT2D eigenvalue weighted by molar-refractivity contribution is 5.89. The number of hydrogen-bond acceptors (Lipinski definition) is 4. The molecule has 1 saturated heterocycles. The Kier molecular flexibility index (Phi) is 5.96. The molecule has 1 atom stereocenters. The molecule has 1 aliphatic heterocycles. The molecule has 1 N–H and O–H groups in total. The first-order valence-electron chi connectivity index (χ1n) is 9.08. The zero-order chi connectivity index (χ0) is 19.2. The second-order valence-electron chi connectivity index (χ2n) is 6.54. The van der Waals surface area contributed by atoms with Crippen molar-refractivity contribution in [1.82, 2.24) is 5.32 Å². The third-order valence-corrected chi connectivity index (χ3v) is 4.45. The molecule has 2 amide bonds. The second kappa shape index (κ2) is 8.58. The topological polar surface area (TPSA) is 67.9 Å². The monoisotopic (exact) mass is 368 g/mol. The van der Waals surface area contributed by atoms with Gasteiger partial charge in [0.2, 0.25) is 0 Å². The van der Waals surface area contributed by atoms with Gasteiger partial charge in [0.25, 0.3) is 5.91 Å². The summed E-state index contributed by atoms with van der Waals surface area (Å²) in [6, 6.07) is 15.3. The highest BCUT2D eigenvalue weighted by atomic mass is 16.6. The highest BCUT2D eigenvalue weighted by Gasteiger charge is 2.32. The van der Waals surface area contributed by atoms with Crippen LogP contribution in [-0.4, -0.2) is 37.8 Å². The summed E-state index contributed by atoms with van der Waals surface area (Å²) in [7, 11) is 0. The van der Waals surface area contributed by atoms with Gasteiger partial charge in [0.15, 0.2) is 6.61 Å². The lowest BCUT2D eigenvalue weighted by molar-refractivity contribution is -0.123. The van der Waals surface area contributed by atoms with Crippen molar-refractivity contribution < 1.29 is 19.1 Å². The summed E-state index contributed by atoms with van der Waals surface area (Å²) in [6.45, 7) is 4.65. The van der Waals surface area contributed by atoms with Gasteiger partial charge in [-0.15, -0.1) is 0 Å². The Morgan fingerprint density at radius 1 is 1.19 bits per heavy atom. The first-order chi connectivity index (χ1) is 13.0. The molecule has 1 aliphatic rings. The molecule has 2 aromatic carbocycles. The van der Waals surface area contributed by atoms with Gasteiger partial charge in [-0.3, -0.25) is 9.69 Å². The predicted octanol–water partition coefficient (Wildman–Crippen LogP) is 3.08. The fourth-order valence-electron chi connectivity index (χ4n) is 2.81. The maximum atomic E-state index is 12.1. The Morgan fingerprint density at radius 3 is 2.56 bits per heavy atom. The summed E-state index contributed by atoms with van der Waals surface area (Å²) >= 11 is 0. The molecule has 1 fully saturated rings.